The normalized spacial score (nSPS) is 12.6. The first kappa shape index (κ1) is 15.2. The van der Waals surface area contributed by atoms with Crippen molar-refractivity contribution in [3.8, 4) is 11.5 Å². The van der Waals surface area contributed by atoms with Crippen LogP contribution in [0.5, 0.6) is 11.5 Å². The van der Waals surface area contributed by atoms with Gasteiger partial charge < -0.3 is 14.8 Å². The molecule has 1 amide bonds. The minimum Gasteiger partial charge on any atom is -0.454 e. The van der Waals surface area contributed by atoms with Gasteiger partial charge in [0.25, 0.3) is 0 Å². The number of fused-ring (bicyclic) bond motifs is 4. The molecule has 0 atom stereocenters. The number of aromatic nitrogens is 1. The summed E-state index contributed by atoms with van der Waals surface area (Å²) in [6, 6.07) is 17.8. The molecule has 0 unspecified atom stereocenters. The molecule has 4 aromatic rings. The number of hydrogen-bond donors (Lipinski definition) is 1. The van der Waals surface area contributed by atoms with Gasteiger partial charge in [0.05, 0.1) is 16.6 Å². The lowest BCUT2D eigenvalue weighted by molar-refractivity contribution is -0.115. The Hall–Kier alpha value is -3.12. The van der Waals surface area contributed by atoms with E-state index in [9.17, 15) is 4.79 Å². The molecule has 128 valence electrons. The molecule has 26 heavy (non-hydrogen) atoms. The molecule has 0 spiro atoms. The Labute approximate surface area is 153 Å². The molecule has 6 heteroatoms. The third-order valence-electron chi connectivity index (χ3n) is 4.33. The lowest BCUT2D eigenvalue weighted by Crippen LogP contribution is -2.14. The fourth-order valence-corrected chi connectivity index (χ4v) is 4.01. The number of benzene rings is 3. The summed E-state index contributed by atoms with van der Waals surface area (Å²) < 4.78 is 11.7. The lowest BCUT2D eigenvalue weighted by atomic mass is 10.1. The first-order chi connectivity index (χ1) is 12.8. The Morgan fingerprint density at radius 2 is 1.96 bits per heavy atom. The zero-order chi connectivity index (χ0) is 17.5. The highest BCUT2D eigenvalue weighted by atomic mass is 32.1. The van der Waals surface area contributed by atoms with E-state index in [0.29, 0.717) is 16.6 Å². The Kier molecular flexibility index (Phi) is 3.50. The molecular weight excluding hydrogens is 348 g/mol. The van der Waals surface area contributed by atoms with Gasteiger partial charge in [0.1, 0.15) is 0 Å². The van der Waals surface area contributed by atoms with Crippen molar-refractivity contribution in [3.63, 3.8) is 0 Å². The maximum absolute atomic E-state index is 12.4. The van der Waals surface area contributed by atoms with Crippen molar-refractivity contribution in [1.29, 1.82) is 0 Å². The van der Waals surface area contributed by atoms with E-state index in [-0.39, 0.29) is 19.1 Å². The van der Waals surface area contributed by atoms with Crippen molar-refractivity contribution in [2.24, 2.45) is 0 Å². The molecule has 1 N–H and O–H groups in total. The molecule has 5 rings (SSSR count). The molecule has 1 aromatic heterocycles. The highest BCUT2D eigenvalue weighted by Gasteiger charge is 2.15. The molecule has 0 fully saturated rings. The predicted octanol–water partition coefficient (Wildman–Crippen LogP) is 4.36. The van der Waals surface area contributed by atoms with E-state index in [1.807, 2.05) is 36.4 Å². The smallest absolute Gasteiger partial charge is 0.231 e. The number of carbonyl (C=O) groups excluding carboxylic acids is 1. The highest BCUT2D eigenvalue weighted by Crippen LogP contribution is 2.33. The molecule has 2 heterocycles. The number of amides is 1. The maximum atomic E-state index is 12.4. The number of thiazole rings is 1. The van der Waals surface area contributed by atoms with Gasteiger partial charge in [0.2, 0.25) is 12.7 Å². The van der Waals surface area contributed by atoms with Crippen molar-refractivity contribution in [2.75, 3.05) is 12.1 Å². The fraction of sp³-hybridized carbons (Fsp3) is 0.100. The minimum absolute atomic E-state index is 0.104. The summed E-state index contributed by atoms with van der Waals surface area (Å²) >= 11 is 1.48. The number of carbonyl (C=O) groups is 1. The van der Waals surface area contributed by atoms with Gasteiger partial charge in [-0.05, 0) is 29.1 Å². The molecule has 3 aromatic carbocycles. The maximum Gasteiger partial charge on any atom is 0.231 e. The fourth-order valence-electron chi connectivity index (χ4n) is 3.11. The van der Waals surface area contributed by atoms with Crippen molar-refractivity contribution in [1.82, 2.24) is 4.98 Å². The van der Waals surface area contributed by atoms with Crippen molar-refractivity contribution in [3.05, 3.63) is 60.2 Å². The van der Waals surface area contributed by atoms with Crippen LogP contribution in [0.3, 0.4) is 0 Å². The van der Waals surface area contributed by atoms with E-state index in [0.717, 1.165) is 26.6 Å². The number of hydrogen-bond acceptors (Lipinski definition) is 5. The van der Waals surface area contributed by atoms with Crippen LogP contribution in [0.15, 0.2) is 54.6 Å². The Morgan fingerprint density at radius 1 is 1.08 bits per heavy atom. The van der Waals surface area contributed by atoms with Gasteiger partial charge in [0, 0.05) is 5.39 Å². The second-order valence-electron chi connectivity index (χ2n) is 6.07. The average molecular weight is 362 g/mol. The first-order valence-corrected chi connectivity index (χ1v) is 9.04. The SMILES string of the molecule is O=C(Cc1ccc2c(c1)OCO2)Nc1nc2c(ccc3ccccc32)s1. The van der Waals surface area contributed by atoms with Gasteiger partial charge in [-0.3, -0.25) is 4.79 Å². The summed E-state index contributed by atoms with van der Waals surface area (Å²) in [4.78, 5) is 17.0. The lowest BCUT2D eigenvalue weighted by Gasteiger charge is -2.03. The van der Waals surface area contributed by atoms with Crippen LogP contribution in [0.2, 0.25) is 0 Å². The minimum atomic E-state index is -0.104. The predicted molar refractivity (Wildman–Crippen MR) is 102 cm³/mol. The zero-order valence-electron chi connectivity index (χ0n) is 13.7. The molecular formula is C20H14N2O3S. The third kappa shape index (κ3) is 2.64. The number of ether oxygens (including phenoxy) is 2. The van der Waals surface area contributed by atoms with E-state index in [4.69, 9.17) is 9.47 Å². The van der Waals surface area contributed by atoms with Crippen molar-refractivity contribution in [2.45, 2.75) is 6.42 Å². The summed E-state index contributed by atoms with van der Waals surface area (Å²) in [5.41, 5.74) is 1.80. The summed E-state index contributed by atoms with van der Waals surface area (Å²) in [5.74, 6) is 1.29. The second-order valence-corrected chi connectivity index (χ2v) is 7.10. The van der Waals surface area contributed by atoms with Gasteiger partial charge in [-0.2, -0.15) is 0 Å². The quantitative estimate of drug-likeness (QED) is 0.588. The van der Waals surface area contributed by atoms with Crippen LogP contribution in [0, 0.1) is 0 Å². The van der Waals surface area contributed by atoms with E-state index < -0.39 is 0 Å². The number of nitrogens with zero attached hydrogens (tertiary/aromatic N) is 1. The molecule has 0 saturated carbocycles. The van der Waals surface area contributed by atoms with E-state index in [1.165, 1.54) is 11.3 Å². The number of rotatable bonds is 3. The Balaban J connectivity index is 1.38. The van der Waals surface area contributed by atoms with E-state index in [1.54, 1.807) is 0 Å². The van der Waals surface area contributed by atoms with E-state index in [2.05, 4.69) is 28.5 Å². The van der Waals surface area contributed by atoms with Crippen LogP contribution in [-0.4, -0.2) is 17.7 Å². The topological polar surface area (TPSA) is 60.5 Å². The Bertz CT molecular complexity index is 1150. The third-order valence-corrected chi connectivity index (χ3v) is 5.27. The van der Waals surface area contributed by atoms with Crippen molar-refractivity contribution >= 4 is 43.4 Å². The summed E-state index contributed by atoms with van der Waals surface area (Å²) in [6.07, 6.45) is 0.257. The summed E-state index contributed by atoms with van der Waals surface area (Å²) in [6.45, 7) is 0.227. The second kappa shape index (κ2) is 6.00. The van der Waals surface area contributed by atoms with Gasteiger partial charge >= 0.3 is 0 Å². The van der Waals surface area contributed by atoms with Crippen LogP contribution in [-0.2, 0) is 11.2 Å². The molecule has 1 aliphatic rings. The van der Waals surface area contributed by atoms with Gasteiger partial charge in [-0.15, -0.1) is 0 Å². The summed E-state index contributed by atoms with van der Waals surface area (Å²) in [7, 11) is 0. The summed E-state index contributed by atoms with van der Waals surface area (Å²) in [5, 5.41) is 5.76. The monoisotopic (exact) mass is 362 g/mol. The molecule has 5 nitrogen and oxygen atoms in total. The van der Waals surface area contributed by atoms with Gasteiger partial charge in [0.15, 0.2) is 16.6 Å². The molecule has 1 aliphatic heterocycles. The van der Waals surface area contributed by atoms with Crippen LogP contribution in [0.4, 0.5) is 5.13 Å². The standard InChI is InChI=1S/C20H14N2O3S/c23-18(10-12-5-7-15-16(9-12)25-11-24-15)21-20-22-19-14-4-2-1-3-13(14)6-8-17(19)26-20/h1-9H,10-11H2,(H,21,22,23). The Morgan fingerprint density at radius 3 is 2.92 bits per heavy atom. The molecule has 0 saturated heterocycles. The number of anilines is 1. The van der Waals surface area contributed by atoms with Crippen LogP contribution in [0.1, 0.15) is 5.56 Å². The van der Waals surface area contributed by atoms with Gasteiger partial charge in [-0.25, -0.2) is 4.98 Å². The van der Waals surface area contributed by atoms with Crippen LogP contribution in [0.25, 0.3) is 21.0 Å². The highest BCUT2D eigenvalue weighted by molar-refractivity contribution is 7.22. The van der Waals surface area contributed by atoms with Gasteiger partial charge in [-0.1, -0.05) is 47.7 Å². The average Bonchev–Trinajstić information content (AvgIpc) is 3.27. The van der Waals surface area contributed by atoms with E-state index >= 15 is 0 Å². The van der Waals surface area contributed by atoms with Crippen LogP contribution < -0.4 is 14.8 Å². The molecule has 0 bridgehead atoms. The van der Waals surface area contributed by atoms with Crippen LogP contribution >= 0.6 is 11.3 Å². The molecule has 0 aliphatic carbocycles. The number of nitrogens with one attached hydrogen (secondary N) is 1. The molecule has 0 radical (unpaired) electrons. The first-order valence-electron chi connectivity index (χ1n) is 8.23. The largest absolute Gasteiger partial charge is 0.454 e. The zero-order valence-corrected chi connectivity index (χ0v) is 14.5. The van der Waals surface area contributed by atoms with Crippen molar-refractivity contribution < 1.29 is 14.3 Å².